The van der Waals surface area contributed by atoms with Crippen molar-refractivity contribution in [3.63, 3.8) is 0 Å². The second-order valence-electron chi connectivity index (χ2n) is 9.63. The quantitative estimate of drug-likeness (QED) is 0.420. The number of aryl methyl sites for hydroxylation is 1. The average molecular weight is 542 g/mol. The summed E-state index contributed by atoms with van der Waals surface area (Å²) in [5, 5.41) is 6.25. The van der Waals surface area contributed by atoms with Crippen molar-refractivity contribution in [3.05, 3.63) is 68.7 Å². The van der Waals surface area contributed by atoms with Gasteiger partial charge in [0, 0.05) is 16.6 Å². The summed E-state index contributed by atoms with van der Waals surface area (Å²) in [6.07, 6.45) is -3.44. The first-order valence-corrected chi connectivity index (χ1v) is 12.2. The Balaban J connectivity index is 1.81. The number of carbonyl (C=O) groups excluding carboxylic acids is 2. The summed E-state index contributed by atoms with van der Waals surface area (Å²) in [5.41, 5.74) is 0.983. The monoisotopic (exact) mass is 541 g/mol. The number of urea groups is 1. The van der Waals surface area contributed by atoms with Gasteiger partial charge in [0.2, 0.25) is 5.91 Å². The first-order valence-electron chi connectivity index (χ1n) is 11.5. The smallest absolute Gasteiger partial charge is 0.351 e. The highest BCUT2D eigenvalue weighted by Gasteiger charge is 2.52. The Kier molecular flexibility index (Phi) is 8.41. The molecule has 5 nitrogen and oxygen atoms in total. The van der Waals surface area contributed by atoms with Crippen LogP contribution in [-0.4, -0.2) is 23.8 Å². The fourth-order valence-electron chi connectivity index (χ4n) is 3.86. The fourth-order valence-corrected chi connectivity index (χ4v) is 4.27. The minimum absolute atomic E-state index is 0.0353. The van der Waals surface area contributed by atoms with Gasteiger partial charge < -0.3 is 10.6 Å². The lowest BCUT2D eigenvalue weighted by atomic mass is 9.87. The number of halogens is 5. The molecule has 1 heterocycles. The predicted molar refractivity (Wildman–Crippen MR) is 136 cm³/mol. The summed E-state index contributed by atoms with van der Waals surface area (Å²) in [6.45, 7) is 5.42. The van der Waals surface area contributed by atoms with Crippen LogP contribution >= 0.6 is 23.2 Å². The van der Waals surface area contributed by atoms with E-state index in [0.29, 0.717) is 39.7 Å². The van der Waals surface area contributed by atoms with Gasteiger partial charge in [-0.2, -0.15) is 18.2 Å². The number of nitrogens with one attached hydrogen (secondary N) is 2. The number of amides is 3. The molecule has 0 aliphatic carbocycles. The van der Waals surface area contributed by atoms with Crippen molar-refractivity contribution in [2.45, 2.75) is 59.3 Å². The fraction of sp³-hybridized carbons (Fsp3) is 0.423. The first-order chi connectivity index (χ1) is 16.7. The van der Waals surface area contributed by atoms with E-state index in [-0.39, 0.29) is 12.5 Å². The molecule has 0 radical (unpaired) electrons. The lowest BCUT2D eigenvalue weighted by Crippen LogP contribution is -2.46. The minimum Gasteiger partial charge on any atom is -0.351 e. The van der Waals surface area contributed by atoms with Crippen LogP contribution in [0, 0.1) is 18.3 Å². The molecule has 0 fully saturated rings. The van der Waals surface area contributed by atoms with Crippen LogP contribution in [0.3, 0.4) is 0 Å². The van der Waals surface area contributed by atoms with Gasteiger partial charge in [0.25, 0.3) is 0 Å². The van der Waals surface area contributed by atoms with E-state index in [1.807, 2.05) is 26.0 Å². The molecule has 3 amide bonds. The number of alkyl halides is 3. The van der Waals surface area contributed by atoms with Crippen LogP contribution in [0.25, 0.3) is 0 Å². The van der Waals surface area contributed by atoms with Crippen LogP contribution in [0.4, 0.5) is 18.0 Å². The van der Waals surface area contributed by atoms with Crippen molar-refractivity contribution in [1.82, 2.24) is 10.6 Å². The van der Waals surface area contributed by atoms with Gasteiger partial charge in [-0.1, -0.05) is 54.4 Å². The summed E-state index contributed by atoms with van der Waals surface area (Å²) in [6, 6.07) is 9.47. The molecule has 0 saturated heterocycles. The van der Waals surface area contributed by atoms with Gasteiger partial charge in [-0.25, -0.2) is 4.79 Å². The van der Waals surface area contributed by atoms with Crippen molar-refractivity contribution < 1.29 is 22.8 Å². The van der Waals surface area contributed by atoms with Crippen LogP contribution < -0.4 is 10.6 Å². The highest BCUT2D eigenvalue weighted by molar-refractivity contribution is 6.32. The van der Waals surface area contributed by atoms with Crippen LogP contribution in [-0.2, 0) is 11.3 Å². The van der Waals surface area contributed by atoms with Crippen molar-refractivity contribution >= 4 is 40.9 Å². The number of aliphatic imine (C=N–C) groups is 1. The minimum atomic E-state index is -4.68. The Bertz CT molecular complexity index is 1200. The summed E-state index contributed by atoms with van der Waals surface area (Å²) in [7, 11) is 0. The molecule has 2 N–H and O–H groups in total. The second kappa shape index (κ2) is 10.8. The van der Waals surface area contributed by atoms with Gasteiger partial charge in [0.1, 0.15) is 5.41 Å². The molecule has 2 atom stereocenters. The molecule has 0 spiro atoms. The van der Waals surface area contributed by atoms with Crippen molar-refractivity contribution in [2.75, 3.05) is 0 Å². The Hall–Kier alpha value is -2.58. The van der Waals surface area contributed by atoms with Crippen LogP contribution in [0.1, 0.15) is 61.9 Å². The SMILES string of the molecule is Cc1ccc(C2=NC(=O)NC(c3cc(CNC(=O)C(C)(C)C(F)(F)F)ccc3Cl)C(C)CC2)cc1Cl. The topological polar surface area (TPSA) is 70.6 Å². The molecule has 2 aromatic carbocycles. The van der Waals surface area contributed by atoms with E-state index in [0.717, 1.165) is 25.0 Å². The zero-order chi connectivity index (χ0) is 26.8. The molecule has 2 aromatic rings. The summed E-state index contributed by atoms with van der Waals surface area (Å²) in [5.74, 6) is -1.16. The standard InChI is InChI=1S/C26H28Cl2F3N3O2/c1-14-5-8-17(12-20(14)28)21-10-6-15(2)22(34-24(36)33-21)18-11-16(7-9-19(18)27)13-32-23(35)25(3,4)26(29,30)31/h5,7-9,11-12,15,22H,6,10,13H2,1-4H3,(H,32,35)(H,34,36). The molecular weight excluding hydrogens is 514 g/mol. The molecule has 0 bridgehead atoms. The largest absolute Gasteiger partial charge is 0.402 e. The lowest BCUT2D eigenvalue weighted by molar-refractivity contribution is -0.211. The average Bonchev–Trinajstić information content (AvgIpc) is 2.79. The van der Waals surface area contributed by atoms with Gasteiger partial charge >= 0.3 is 12.2 Å². The normalized spacial score (nSPS) is 19.1. The van der Waals surface area contributed by atoms with E-state index in [1.54, 1.807) is 24.3 Å². The summed E-state index contributed by atoms with van der Waals surface area (Å²) < 4.78 is 39.5. The van der Waals surface area contributed by atoms with Gasteiger partial charge in [0.05, 0.1) is 11.8 Å². The zero-order valence-corrected chi connectivity index (χ0v) is 21.9. The highest BCUT2D eigenvalue weighted by Crippen LogP contribution is 2.38. The molecule has 1 aliphatic heterocycles. The first kappa shape index (κ1) is 28.0. The van der Waals surface area contributed by atoms with Crippen molar-refractivity contribution in [2.24, 2.45) is 16.3 Å². The summed E-state index contributed by atoms with van der Waals surface area (Å²) in [4.78, 5) is 29.2. The van der Waals surface area contributed by atoms with Crippen molar-refractivity contribution in [1.29, 1.82) is 0 Å². The molecule has 1 aliphatic rings. The second-order valence-corrected chi connectivity index (χ2v) is 10.4. The number of hydrogen-bond donors (Lipinski definition) is 2. The molecule has 3 rings (SSSR count). The number of nitrogens with zero attached hydrogens (tertiary/aromatic N) is 1. The van der Waals surface area contributed by atoms with Gasteiger partial charge in [-0.3, -0.25) is 4.79 Å². The van der Waals surface area contributed by atoms with E-state index < -0.39 is 29.6 Å². The third-order valence-electron chi connectivity index (χ3n) is 6.55. The summed E-state index contributed by atoms with van der Waals surface area (Å²) >= 11 is 12.7. The molecule has 0 saturated carbocycles. The van der Waals surface area contributed by atoms with Gasteiger partial charge in [-0.15, -0.1) is 0 Å². The molecule has 10 heteroatoms. The molecular formula is C26H28Cl2F3N3O2. The third-order valence-corrected chi connectivity index (χ3v) is 7.30. The lowest BCUT2D eigenvalue weighted by Gasteiger charge is -2.29. The van der Waals surface area contributed by atoms with E-state index in [9.17, 15) is 22.8 Å². The molecule has 0 aromatic heterocycles. The van der Waals surface area contributed by atoms with E-state index >= 15 is 0 Å². The van der Waals surface area contributed by atoms with Crippen molar-refractivity contribution in [3.8, 4) is 0 Å². The van der Waals surface area contributed by atoms with Gasteiger partial charge in [-0.05, 0) is 73.9 Å². The predicted octanol–water partition coefficient (Wildman–Crippen LogP) is 7.18. The van der Waals surface area contributed by atoms with E-state index in [1.165, 1.54) is 0 Å². The maximum absolute atomic E-state index is 13.2. The Morgan fingerprint density at radius 2 is 1.83 bits per heavy atom. The number of rotatable bonds is 5. The highest BCUT2D eigenvalue weighted by atomic mass is 35.5. The van der Waals surface area contributed by atoms with Gasteiger partial charge in [0.15, 0.2) is 0 Å². The zero-order valence-electron chi connectivity index (χ0n) is 20.4. The van der Waals surface area contributed by atoms with Crippen LogP contribution in [0.5, 0.6) is 0 Å². The van der Waals surface area contributed by atoms with Crippen LogP contribution in [0.2, 0.25) is 10.0 Å². The van der Waals surface area contributed by atoms with E-state index in [2.05, 4.69) is 15.6 Å². The number of benzene rings is 2. The number of carbonyl (C=O) groups is 2. The Labute approximate surface area is 218 Å². The maximum Gasteiger partial charge on any atom is 0.402 e. The van der Waals surface area contributed by atoms with E-state index in [4.69, 9.17) is 23.2 Å². The van der Waals surface area contributed by atoms with Crippen LogP contribution in [0.15, 0.2) is 41.4 Å². The maximum atomic E-state index is 13.2. The number of hydrogen-bond acceptors (Lipinski definition) is 2. The Morgan fingerprint density at radius 1 is 1.14 bits per heavy atom. The molecule has 2 unspecified atom stereocenters. The Morgan fingerprint density at radius 3 is 2.47 bits per heavy atom. The third kappa shape index (κ3) is 6.21. The molecule has 194 valence electrons. The molecule has 36 heavy (non-hydrogen) atoms.